The maximum absolute atomic E-state index is 13.0. The number of nitro benzene ring substituents is 1. The van der Waals surface area contributed by atoms with Crippen molar-refractivity contribution in [2.45, 2.75) is 24.3 Å². The molecule has 0 aliphatic rings. The summed E-state index contributed by atoms with van der Waals surface area (Å²) in [7, 11) is -1.29. The number of benzene rings is 1. The number of nitro groups is 1. The third-order valence-electron chi connectivity index (χ3n) is 4.18. The van der Waals surface area contributed by atoms with Crippen LogP contribution in [0.2, 0.25) is 0 Å². The van der Waals surface area contributed by atoms with E-state index in [9.17, 15) is 23.3 Å². The van der Waals surface area contributed by atoms with Gasteiger partial charge >= 0.3 is 5.97 Å². The number of sulfonamides is 1. The first kappa shape index (κ1) is 22.2. The van der Waals surface area contributed by atoms with E-state index in [0.29, 0.717) is 11.4 Å². The third-order valence-corrected chi connectivity index (χ3v) is 6.06. The summed E-state index contributed by atoms with van der Waals surface area (Å²) < 4.78 is 37.1. The number of hydrogen-bond acceptors (Lipinski definition) is 8. The van der Waals surface area contributed by atoms with Gasteiger partial charge in [-0.2, -0.15) is 4.31 Å². The Hall–Kier alpha value is -3.05. The zero-order valence-electron chi connectivity index (χ0n) is 16.1. The van der Waals surface area contributed by atoms with E-state index in [1.54, 1.807) is 19.1 Å². The number of pyridine rings is 1. The highest BCUT2D eigenvalue weighted by Crippen LogP contribution is 2.30. The minimum Gasteiger partial charge on any atom is -0.481 e. The SMILES string of the molecule is CCOC(=O)CC(c1ccc(OC)nc1)N(C)S(=O)(=O)c1ccc([N+](=O)[O-])cc1. The number of ether oxygens (including phenoxy) is 2. The van der Waals surface area contributed by atoms with Gasteiger partial charge in [-0.25, -0.2) is 13.4 Å². The van der Waals surface area contributed by atoms with Crippen molar-refractivity contribution in [1.82, 2.24) is 9.29 Å². The van der Waals surface area contributed by atoms with Gasteiger partial charge in [-0.15, -0.1) is 0 Å². The lowest BCUT2D eigenvalue weighted by Gasteiger charge is -2.27. The zero-order valence-corrected chi connectivity index (χ0v) is 17.0. The third kappa shape index (κ3) is 5.27. The van der Waals surface area contributed by atoms with Crippen LogP contribution in [0.3, 0.4) is 0 Å². The molecule has 29 heavy (non-hydrogen) atoms. The van der Waals surface area contributed by atoms with Crippen LogP contribution in [0.5, 0.6) is 5.88 Å². The van der Waals surface area contributed by atoms with Crippen LogP contribution < -0.4 is 4.74 Å². The Morgan fingerprint density at radius 1 is 1.24 bits per heavy atom. The Morgan fingerprint density at radius 3 is 2.38 bits per heavy atom. The fraction of sp³-hybridized carbons (Fsp3) is 0.333. The summed E-state index contributed by atoms with van der Waals surface area (Å²) in [5, 5.41) is 10.8. The first-order valence-electron chi connectivity index (χ1n) is 8.58. The summed E-state index contributed by atoms with van der Waals surface area (Å²) in [4.78, 5) is 26.2. The lowest BCUT2D eigenvalue weighted by Crippen LogP contribution is -2.33. The van der Waals surface area contributed by atoms with Crippen molar-refractivity contribution in [3.05, 3.63) is 58.3 Å². The van der Waals surface area contributed by atoms with E-state index in [-0.39, 0.29) is 23.6 Å². The zero-order chi connectivity index (χ0) is 21.6. The maximum atomic E-state index is 13.0. The lowest BCUT2D eigenvalue weighted by molar-refractivity contribution is -0.384. The molecule has 0 saturated carbocycles. The molecular weight excluding hydrogens is 402 g/mol. The Labute approximate surface area is 168 Å². The quantitative estimate of drug-likeness (QED) is 0.341. The van der Waals surface area contributed by atoms with E-state index >= 15 is 0 Å². The summed E-state index contributed by atoms with van der Waals surface area (Å²) in [6.45, 7) is 1.81. The van der Waals surface area contributed by atoms with Crippen molar-refractivity contribution in [1.29, 1.82) is 0 Å². The summed E-state index contributed by atoms with van der Waals surface area (Å²) in [6.07, 6.45) is 1.19. The van der Waals surface area contributed by atoms with E-state index in [2.05, 4.69) is 4.98 Å². The minimum absolute atomic E-state index is 0.138. The average Bonchev–Trinajstić information content (AvgIpc) is 2.72. The fourth-order valence-electron chi connectivity index (χ4n) is 2.62. The molecule has 0 aliphatic carbocycles. The molecule has 156 valence electrons. The topological polar surface area (TPSA) is 129 Å². The molecule has 0 aliphatic heterocycles. The maximum Gasteiger partial charge on any atom is 0.307 e. The summed E-state index contributed by atoms with van der Waals surface area (Å²) >= 11 is 0. The van der Waals surface area contributed by atoms with Gasteiger partial charge in [0, 0.05) is 31.4 Å². The first-order chi connectivity index (χ1) is 13.7. The van der Waals surface area contributed by atoms with E-state index < -0.39 is 27.0 Å². The number of methoxy groups -OCH3 is 1. The average molecular weight is 423 g/mol. The van der Waals surface area contributed by atoms with Crippen LogP contribution in [0.4, 0.5) is 5.69 Å². The molecular formula is C18H21N3O7S. The monoisotopic (exact) mass is 423 g/mol. The molecule has 10 nitrogen and oxygen atoms in total. The van der Waals surface area contributed by atoms with Crippen LogP contribution in [0.25, 0.3) is 0 Å². The molecule has 0 saturated heterocycles. The van der Waals surface area contributed by atoms with Gasteiger partial charge in [-0.3, -0.25) is 14.9 Å². The molecule has 0 fully saturated rings. The largest absolute Gasteiger partial charge is 0.481 e. The summed E-state index contributed by atoms with van der Waals surface area (Å²) in [5.41, 5.74) is 0.237. The first-order valence-corrected chi connectivity index (χ1v) is 10.0. The molecule has 0 radical (unpaired) electrons. The van der Waals surface area contributed by atoms with Gasteiger partial charge in [0.25, 0.3) is 5.69 Å². The van der Waals surface area contributed by atoms with E-state index in [4.69, 9.17) is 9.47 Å². The molecule has 1 unspecified atom stereocenters. The predicted octanol–water partition coefficient (Wildman–Crippen LogP) is 2.31. The summed E-state index contributed by atoms with van der Waals surface area (Å²) in [5.74, 6) is -0.233. The highest BCUT2D eigenvalue weighted by Gasteiger charge is 2.32. The minimum atomic E-state index is -4.06. The van der Waals surface area contributed by atoms with Crippen LogP contribution in [0.1, 0.15) is 24.9 Å². The molecule has 0 bridgehead atoms. The van der Waals surface area contributed by atoms with Crippen LogP contribution in [0.15, 0.2) is 47.5 Å². The smallest absolute Gasteiger partial charge is 0.307 e. The predicted molar refractivity (Wildman–Crippen MR) is 103 cm³/mol. The highest BCUT2D eigenvalue weighted by molar-refractivity contribution is 7.89. The summed E-state index contributed by atoms with van der Waals surface area (Å²) in [6, 6.07) is 6.78. The fourth-order valence-corrected chi connectivity index (χ4v) is 3.96. The number of aromatic nitrogens is 1. The van der Waals surface area contributed by atoms with Gasteiger partial charge in [-0.1, -0.05) is 6.07 Å². The number of esters is 1. The number of rotatable bonds is 9. The van der Waals surface area contributed by atoms with Gasteiger partial charge in [0.05, 0.1) is 36.0 Å². The Balaban J connectivity index is 2.41. The molecule has 0 amide bonds. The van der Waals surface area contributed by atoms with Gasteiger partial charge < -0.3 is 9.47 Å². The van der Waals surface area contributed by atoms with Crippen molar-refractivity contribution in [3.8, 4) is 5.88 Å². The van der Waals surface area contributed by atoms with E-state index in [1.807, 2.05) is 0 Å². The lowest BCUT2D eigenvalue weighted by atomic mass is 10.1. The molecule has 1 aromatic heterocycles. The standard InChI is InChI=1S/C18H21N3O7S/c1-4-28-18(22)11-16(13-5-10-17(27-3)19-12-13)20(2)29(25,26)15-8-6-14(7-9-15)21(23)24/h5-10,12,16H,4,11H2,1-3H3. The molecule has 1 atom stereocenters. The van der Waals surface area contributed by atoms with Crippen molar-refractivity contribution < 1.29 is 27.6 Å². The van der Waals surface area contributed by atoms with Gasteiger partial charge in [0.15, 0.2) is 0 Å². The highest BCUT2D eigenvalue weighted by atomic mass is 32.2. The second kappa shape index (κ2) is 9.43. The van der Waals surface area contributed by atoms with Crippen molar-refractivity contribution >= 4 is 21.7 Å². The number of carbonyl (C=O) groups is 1. The number of carbonyl (C=O) groups excluding carboxylic acids is 1. The van der Waals surface area contributed by atoms with Gasteiger partial charge in [0.1, 0.15) is 0 Å². The Kier molecular flexibility index (Phi) is 7.23. The van der Waals surface area contributed by atoms with Crippen molar-refractivity contribution in [2.75, 3.05) is 20.8 Å². The van der Waals surface area contributed by atoms with E-state index in [1.165, 1.54) is 20.4 Å². The van der Waals surface area contributed by atoms with E-state index in [0.717, 1.165) is 28.6 Å². The molecule has 1 heterocycles. The number of nitrogens with zero attached hydrogens (tertiary/aromatic N) is 3. The molecule has 1 aromatic carbocycles. The Bertz CT molecular complexity index is 960. The van der Waals surface area contributed by atoms with Crippen LogP contribution in [-0.2, 0) is 19.6 Å². The molecule has 2 aromatic rings. The van der Waals surface area contributed by atoms with Crippen molar-refractivity contribution in [2.24, 2.45) is 0 Å². The second-order valence-electron chi connectivity index (χ2n) is 5.93. The number of non-ortho nitro benzene ring substituents is 1. The molecule has 2 rings (SSSR count). The second-order valence-corrected chi connectivity index (χ2v) is 7.93. The van der Waals surface area contributed by atoms with Gasteiger partial charge in [0.2, 0.25) is 15.9 Å². The molecule has 0 N–H and O–H groups in total. The van der Waals surface area contributed by atoms with Crippen LogP contribution in [-0.4, -0.2) is 49.4 Å². The van der Waals surface area contributed by atoms with Crippen LogP contribution >= 0.6 is 0 Å². The Morgan fingerprint density at radius 2 is 1.90 bits per heavy atom. The normalized spacial score (nSPS) is 12.4. The van der Waals surface area contributed by atoms with Gasteiger partial charge in [-0.05, 0) is 24.6 Å². The van der Waals surface area contributed by atoms with Crippen molar-refractivity contribution in [3.63, 3.8) is 0 Å². The van der Waals surface area contributed by atoms with Crippen LogP contribution in [0, 0.1) is 10.1 Å². The molecule has 0 spiro atoms. The molecule has 11 heteroatoms. The number of hydrogen-bond donors (Lipinski definition) is 0.